The second kappa shape index (κ2) is 5.35. The standard InChI is InChI=1S/C13H16O3/c1-5-6-11(14)10-7-9(2)12(15-3)8-13(10)16-4/h5-8H,1-4H3/b6-5+. The molecule has 0 unspecified atom stereocenters. The zero-order valence-electron chi connectivity index (χ0n) is 10.0. The highest BCUT2D eigenvalue weighted by atomic mass is 16.5. The Labute approximate surface area is 95.7 Å². The van der Waals surface area contributed by atoms with Crippen LogP contribution in [-0.2, 0) is 0 Å². The molecule has 0 fully saturated rings. The van der Waals surface area contributed by atoms with E-state index in [4.69, 9.17) is 9.47 Å². The average Bonchev–Trinajstić information content (AvgIpc) is 2.29. The van der Waals surface area contributed by atoms with Crippen LogP contribution in [0.15, 0.2) is 24.3 Å². The summed E-state index contributed by atoms with van der Waals surface area (Å²) in [6.07, 6.45) is 3.23. The first-order valence-corrected chi connectivity index (χ1v) is 5.03. The van der Waals surface area contributed by atoms with Gasteiger partial charge in [0.1, 0.15) is 11.5 Å². The maximum Gasteiger partial charge on any atom is 0.189 e. The number of methoxy groups -OCH3 is 2. The van der Waals surface area contributed by atoms with Crippen LogP contribution in [-0.4, -0.2) is 20.0 Å². The van der Waals surface area contributed by atoms with Gasteiger partial charge in [-0.3, -0.25) is 4.79 Å². The summed E-state index contributed by atoms with van der Waals surface area (Å²) < 4.78 is 10.3. The van der Waals surface area contributed by atoms with Gasteiger partial charge in [0.05, 0.1) is 19.8 Å². The molecule has 0 saturated heterocycles. The SMILES string of the molecule is C/C=C/C(=O)c1cc(C)c(OC)cc1OC. The fourth-order valence-electron chi connectivity index (χ4n) is 1.49. The maximum atomic E-state index is 11.8. The van der Waals surface area contributed by atoms with Crippen molar-refractivity contribution in [2.75, 3.05) is 14.2 Å². The summed E-state index contributed by atoms with van der Waals surface area (Å²) >= 11 is 0. The fraction of sp³-hybridized carbons (Fsp3) is 0.308. The third kappa shape index (κ3) is 2.42. The predicted octanol–water partition coefficient (Wildman–Crippen LogP) is 2.77. The second-order valence-corrected chi connectivity index (χ2v) is 3.39. The van der Waals surface area contributed by atoms with Gasteiger partial charge in [0.2, 0.25) is 0 Å². The van der Waals surface area contributed by atoms with Crippen LogP contribution in [0.2, 0.25) is 0 Å². The summed E-state index contributed by atoms with van der Waals surface area (Å²) in [5.74, 6) is 1.18. The van der Waals surface area contributed by atoms with Crippen molar-refractivity contribution in [2.45, 2.75) is 13.8 Å². The van der Waals surface area contributed by atoms with Crippen molar-refractivity contribution in [1.82, 2.24) is 0 Å². The number of rotatable bonds is 4. The maximum absolute atomic E-state index is 11.8. The third-order valence-corrected chi connectivity index (χ3v) is 2.30. The molecule has 0 heterocycles. The first-order chi connectivity index (χ1) is 7.63. The molecule has 0 aliphatic heterocycles. The lowest BCUT2D eigenvalue weighted by Crippen LogP contribution is -2.01. The molecule has 0 aromatic heterocycles. The summed E-state index contributed by atoms with van der Waals surface area (Å²) in [6, 6.07) is 3.51. The molecule has 0 amide bonds. The smallest absolute Gasteiger partial charge is 0.189 e. The monoisotopic (exact) mass is 220 g/mol. The lowest BCUT2D eigenvalue weighted by molar-refractivity contribution is 0.104. The summed E-state index contributed by atoms with van der Waals surface area (Å²) in [5.41, 5.74) is 1.47. The van der Waals surface area contributed by atoms with Gasteiger partial charge in [0.25, 0.3) is 0 Å². The molecule has 0 N–H and O–H groups in total. The van der Waals surface area contributed by atoms with E-state index >= 15 is 0 Å². The van der Waals surface area contributed by atoms with E-state index in [0.717, 1.165) is 5.56 Å². The average molecular weight is 220 g/mol. The van der Waals surface area contributed by atoms with Crippen molar-refractivity contribution in [2.24, 2.45) is 0 Å². The molecular weight excluding hydrogens is 204 g/mol. The van der Waals surface area contributed by atoms with Crippen molar-refractivity contribution >= 4 is 5.78 Å². The molecule has 86 valence electrons. The molecule has 16 heavy (non-hydrogen) atoms. The van der Waals surface area contributed by atoms with Crippen LogP contribution in [0.4, 0.5) is 0 Å². The lowest BCUT2D eigenvalue weighted by Gasteiger charge is -2.10. The Bertz CT molecular complexity index is 419. The van der Waals surface area contributed by atoms with Crippen LogP contribution < -0.4 is 9.47 Å². The van der Waals surface area contributed by atoms with Crippen molar-refractivity contribution < 1.29 is 14.3 Å². The minimum absolute atomic E-state index is 0.0647. The van der Waals surface area contributed by atoms with E-state index in [9.17, 15) is 4.79 Å². The van der Waals surface area contributed by atoms with Gasteiger partial charge in [-0.1, -0.05) is 6.08 Å². The molecule has 0 aliphatic rings. The summed E-state index contributed by atoms with van der Waals surface area (Å²) in [4.78, 5) is 11.8. The van der Waals surface area contributed by atoms with E-state index in [0.29, 0.717) is 17.1 Å². The molecular formula is C13H16O3. The normalized spacial score (nSPS) is 10.5. The van der Waals surface area contributed by atoms with E-state index < -0.39 is 0 Å². The van der Waals surface area contributed by atoms with E-state index in [-0.39, 0.29) is 5.78 Å². The van der Waals surface area contributed by atoms with Gasteiger partial charge in [-0.25, -0.2) is 0 Å². The number of carbonyl (C=O) groups excluding carboxylic acids is 1. The van der Waals surface area contributed by atoms with Crippen molar-refractivity contribution in [3.05, 3.63) is 35.4 Å². The van der Waals surface area contributed by atoms with Gasteiger partial charge in [-0.2, -0.15) is 0 Å². The Morgan fingerprint density at radius 3 is 2.31 bits per heavy atom. The van der Waals surface area contributed by atoms with E-state index in [2.05, 4.69) is 0 Å². The number of hydrogen-bond donors (Lipinski definition) is 0. The first kappa shape index (κ1) is 12.3. The van der Waals surface area contributed by atoms with Gasteiger partial charge in [-0.15, -0.1) is 0 Å². The number of ether oxygens (including phenoxy) is 2. The Hall–Kier alpha value is -1.77. The van der Waals surface area contributed by atoms with Crippen LogP contribution >= 0.6 is 0 Å². The molecule has 0 bridgehead atoms. The molecule has 0 aliphatic carbocycles. The highest BCUT2D eigenvalue weighted by molar-refractivity contribution is 6.06. The number of carbonyl (C=O) groups is 1. The molecule has 3 nitrogen and oxygen atoms in total. The lowest BCUT2D eigenvalue weighted by atomic mass is 10.1. The molecule has 0 atom stereocenters. The summed E-state index contributed by atoms with van der Waals surface area (Å²) in [7, 11) is 3.13. The minimum Gasteiger partial charge on any atom is -0.496 e. The van der Waals surface area contributed by atoms with Gasteiger partial charge in [0.15, 0.2) is 5.78 Å². The largest absolute Gasteiger partial charge is 0.496 e. The number of benzene rings is 1. The summed E-state index contributed by atoms with van der Waals surface area (Å²) in [5, 5.41) is 0. The van der Waals surface area contributed by atoms with Gasteiger partial charge < -0.3 is 9.47 Å². The Morgan fingerprint density at radius 2 is 1.81 bits per heavy atom. The van der Waals surface area contributed by atoms with E-state index in [1.807, 2.05) is 6.92 Å². The molecule has 3 heteroatoms. The Balaban J connectivity index is 3.28. The number of allylic oxidation sites excluding steroid dienone is 2. The van der Waals surface area contributed by atoms with E-state index in [1.54, 1.807) is 32.2 Å². The van der Waals surface area contributed by atoms with Crippen LogP contribution in [0, 0.1) is 6.92 Å². The number of aryl methyl sites for hydroxylation is 1. The zero-order chi connectivity index (χ0) is 12.1. The van der Waals surface area contributed by atoms with Crippen LogP contribution in [0.25, 0.3) is 0 Å². The summed E-state index contributed by atoms with van der Waals surface area (Å²) in [6.45, 7) is 3.70. The minimum atomic E-state index is -0.0647. The highest BCUT2D eigenvalue weighted by Crippen LogP contribution is 2.28. The quantitative estimate of drug-likeness (QED) is 0.578. The molecule has 0 radical (unpaired) electrons. The second-order valence-electron chi connectivity index (χ2n) is 3.39. The zero-order valence-corrected chi connectivity index (χ0v) is 10.0. The number of hydrogen-bond acceptors (Lipinski definition) is 3. The first-order valence-electron chi connectivity index (χ1n) is 5.03. The van der Waals surface area contributed by atoms with Gasteiger partial charge >= 0.3 is 0 Å². The third-order valence-electron chi connectivity index (χ3n) is 2.30. The molecule has 0 saturated carbocycles. The van der Waals surface area contributed by atoms with Gasteiger partial charge in [-0.05, 0) is 31.6 Å². The fourth-order valence-corrected chi connectivity index (χ4v) is 1.49. The Morgan fingerprint density at radius 1 is 1.19 bits per heavy atom. The van der Waals surface area contributed by atoms with E-state index in [1.165, 1.54) is 13.2 Å². The van der Waals surface area contributed by atoms with Crippen LogP contribution in [0.3, 0.4) is 0 Å². The molecule has 1 aromatic carbocycles. The Kier molecular flexibility index (Phi) is 4.11. The van der Waals surface area contributed by atoms with Crippen molar-refractivity contribution in [1.29, 1.82) is 0 Å². The topological polar surface area (TPSA) is 35.5 Å². The predicted molar refractivity (Wildman–Crippen MR) is 63.4 cm³/mol. The molecule has 1 rings (SSSR count). The highest BCUT2D eigenvalue weighted by Gasteiger charge is 2.12. The molecule has 0 spiro atoms. The number of ketones is 1. The van der Waals surface area contributed by atoms with Gasteiger partial charge in [0, 0.05) is 6.07 Å². The van der Waals surface area contributed by atoms with Crippen LogP contribution in [0.1, 0.15) is 22.8 Å². The van der Waals surface area contributed by atoms with Crippen molar-refractivity contribution in [3.63, 3.8) is 0 Å². The molecule has 1 aromatic rings. The van der Waals surface area contributed by atoms with Crippen molar-refractivity contribution in [3.8, 4) is 11.5 Å². The van der Waals surface area contributed by atoms with Crippen LogP contribution in [0.5, 0.6) is 11.5 Å².